The van der Waals surface area contributed by atoms with Gasteiger partial charge < -0.3 is 20.5 Å². The first-order valence-electron chi connectivity index (χ1n) is 8.59. The lowest BCUT2D eigenvalue weighted by Crippen LogP contribution is -2.36. The predicted molar refractivity (Wildman–Crippen MR) is 92.8 cm³/mol. The molecule has 1 atom stereocenters. The van der Waals surface area contributed by atoms with Crippen molar-refractivity contribution in [3.63, 3.8) is 0 Å². The number of amides is 2. The van der Waals surface area contributed by atoms with Gasteiger partial charge in [-0.1, -0.05) is 25.3 Å². The lowest BCUT2D eigenvalue weighted by Gasteiger charge is -2.25. The number of anilines is 1. The predicted octanol–water partition coefficient (Wildman–Crippen LogP) is 2.56. The fraction of sp³-hybridized carbons (Fsp3) is 0.500. The van der Waals surface area contributed by atoms with Crippen LogP contribution in [0.25, 0.3) is 0 Å². The van der Waals surface area contributed by atoms with Gasteiger partial charge in [0, 0.05) is 13.0 Å². The van der Waals surface area contributed by atoms with Gasteiger partial charge in [-0.25, -0.2) is 0 Å². The van der Waals surface area contributed by atoms with Crippen molar-refractivity contribution in [2.24, 2.45) is 0 Å². The molecule has 0 radical (unpaired) electrons. The second-order valence-electron chi connectivity index (χ2n) is 6.10. The third-order valence-corrected chi connectivity index (χ3v) is 4.03. The van der Waals surface area contributed by atoms with Crippen LogP contribution in [0.4, 0.5) is 5.69 Å². The summed E-state index contributed by atoms with van der Waals surface area (Å²) in [4.78, 5) is 34.4. The summed E-state index contributed by atoms with van der Waals surface area (Å²) in [6.45, 7) is 2.18. The quantitative estimate of drug-likeness (QED) is 0.595. The van der Waals surface area contributed by atoms with Crippen LogP contribution >= 0.6 is 0 Å². The molecule has 136 valence electrons. The van der Waals surface area contributed by atoms with Gasteiger partial charge in [-0.2, -0.15) is 0 Å². The van der Waals surface area contributed by atoms with Gasteiger partial charge >= 0.3 is 5.97 Å². The molecule has 0 fully saturated rings. The Balaban J connectivity index is 1.76. The molecule has 7 heteroatoms. The zero-order chi connectivity index (χ0) is 18.2. The van der Waals surface area contributed by atoms with Crippen molar-refractivity contribution >= 4 is 23.5 Å². The maximum absolute atomic E-state index is 12.3. The molecule has 0 aliphatic carbocycles. The molecular weight excluding hydrogens is 324 g/mol. The van der Waals surface area contributed by atoms with E-state index in [4.69, 9.17) is 9.84 Å². The maximum atomic E-state index is 12.3. The van der Waals surface area contributed by atoms with Crippen LogP contribution in [-0.4, -0.2) is 35.5 Å². The zero-order valence-electron chi connectivity index (χ0n) is 14.3. The summed E-state index contributed by atoms with van der Waals surface area (Å²) in [5.41, 5.74) is 0.917. The number of aliphatic carboxylic acids is 1. The highest BCUT2D eigenvalue weighted by molar-refractivity contribution is 6.03. The van der Waals surface area contributed by atoms with Crippen molar-refractivity contribution in [1.82, 2.24) is 5.32 Å². The molecule has 0 bridgehead atoms. The topological polar surface area (TPSA) is 105 Å². The summed E-state index contributed by atoms with van der Waals surface area (Å²) in [6.07, 6.45) is 3.89. The van der Waals surface area contributed by atoms with Crippen LogP contribution in [-0.2, 0) is 9.59 Å². The molecule has 1 heterocycles. The van der Waals surface area contributed by atoms with E-state index in [-0.39, 0.29) is 18.2 Å². The smallest absolute Gasteiger partial charge is 0.303 e. The van der Waals surface area contributed by atoms with Crippen molar-refractivity contribution < 1.29 is 24.2 Å². The third-order valence-electron chi connectivity index (χ3n) is 4.03. The highest BCUT2D eigenvalue weighted by Gasteiger charge is 2.27. The number of rotatable bonds is 9. The molecule has 7 nitrogen and oxygen atoms in total. The summed E-state index contributed by atoms with van der Waals surface area (Å²) in [7, 11) is 0. The van der Waals surface area contributed by atoms with E-state index in [1.165, 1.54) is 0 Å². The number of carboxylic acids is 1. The molecule has 2 amide bonds. The van der Waals surface area contributed by atoms with Gasteiger partial charge in [0.15, 0.2) is 11.9 Å². The minimum atomic E-state index is -0.758. The van der Waals surface area contributed by atoms with Crippen LogP contribution in [0.5, 0.6) is 5.75 Å². The number of hydrogen-bond acceptors (Lipinski definition) is 4. The van der Waals surface area contributed by atoms with Gasteiger partial charge in [-0.15, -0.1) is 0 Å². The maximum Gasteiger partial charge on any atom is 0.303 e. The normalized spacial score (nSPS) is 15.7. The number of carbonyl (C=O) groups is 3. The lowest BCUT2D eigenvalue weighted by molar-refractivity contribution is -0.137. The first kappa shape index (κ1) is 18.8. The highest BCUT2D eigenvalue weighted by Crippen LogP contribution is 2.33. The molecule has 2 rings (SSSR count). The van der Waals surface area contributed by atoms with E-state index >= 15 is 0 Å². The molecule has 0 aromatic heterocycles. The molecule has 0 saturated carbocycles. The van der Waals surface area contributed by atoms with Crippen LogP contribution in [0, 0.1) is 0 Å². The van der Waals surface area contributed by atoms with Gasteiger partial charge in [0.05, 0.1) is 11.3 Å². The molecule has 3 N–H and O–H groups in total. The summed E-state index contributed by atoms with van der Waals surface area (Å²) in [5, 5.41) is 14.1. The highest BCUT2D eigenvalue weighted by atomic mass is 16.5. The van der Waals surface area contributed by atoms with Gasteiger partial charge in [0.25, 0.3) is 11.8 Å². The van der Waals surface area contributed by atoms with Gasteiger partial charge in [-0.3, -0.25) is 14.4 Å². The van der Waals surface area contributed by atoms with E-state index < -0.39 is 12.1 Å². The number of carbonyl (C=O) groups excluding carboxylic acids is 2. The fourth-order valence-electron chi connectivity index (χ4n) is 2.63. The summed E-state index contributed by atoms with van der Waals surface area (Å²) in [6, 6.07) is 5.08. The fourth-order valence-corrected chi connectivity index (χ4v) is 2.63. The third kappa shape index (κ3) is 5.48. The van der Waals surface area contributed by atoms with Crippen molar-refractivity contribution in [2.75, 3.05) is 11.9 Å². The Labute approximate surface area is 146 Å². The van der Waals surface area contributed by atoms with Crippen molar-refractivity contribution in [2.45, 2.75) is 51.6 Å². The minimum absolute atomic E-state index is 0.213. The van der Waals surface area contributed by atoms with Crippen LogP contribution < -0.4 is 15.4 Å². The Morgan fingerprint density at radius 2 is 1.92 bits per heavy atom. The van der Waals surface area contributed by atoms with E-state index in [1.807, 2.05) is 0 Å². The molecule has 25 heavy (non-hydrogen) atoms. The Bertz CT molecular complexity index is 644. The Hall–Kier alpha value is -2.57. The van der Waals surface area contributed by atoms with Crippen LogP contribution in [0.2, 0.25) is 0 Å². The molecular formula is C18H24N2O5. The second kappa shape index (κ2) is 9.05. The Morgan fingerprint density at radius 3 is 2.68 bits per heavy atom. The number of carboxylic acid groups (broad SMARTS) is 1. The molecule has 1 aromatic carbocycles. The summed E-state index contributed by atoms with van der Waals surface area (Å²) >= 11 is 0. The molecule has 0 saturated heterocycles. The van der Waals surface area contributed by atoms with E-state index in [1.54, 1.807) is 25.1 Å². The van der Waals surface area contributed by atoms with Crippen molar-refractivity contribution in [1.29, 1.82) is 0 Å². The molecule has 0 spiro atoms. The standard InChI is InChI=1S/C18H24N2O5/c1-12-17(23)20-14-9-7-8-13(16(14)25-12)18(24)19-11-6-4-2-3-5-10-15(21)22/h7-9,12H,2-6,10-11H2,1H3,(H,19,24)(H,20,23)(H,21,22). The number of ether oxygens (including phenoxy) is 1. The average molecular weight is 348 g/mol. The molecule has 1 aromatic rings. The SMILES string of the molecule is CC1Oc2c(cccc2C(=O)NCCCCCCCC(=O)O)NC1=O. The van der Waals surface area contributed by atoms with E-state index in [2.05, 4.69) is 10.6 Å². The average Bonchev–Trinajstić information content (AvgIpc) is 2.57. The number of hydrogen-bond donors (Lipinski definition) is 3. The van der Waals surface area contributed by atoms with Crippen molar-refractivity contribution in [3.05, 3.63) is 23.8 Å². The zero-order valence-corrected chi connectivity index (χ0v) is 14.3. The molecule has 1 aliphatic rings. The lowest BCUT2D eigenvalue weighted by atomic mass is 10.1. The van der Waals surface area contributed by atoms with E-state index in [9.17, 15) is 14.4 Å². The second-order valence-corrected chi connectivity index (χ2v) is 6.10. The van der Waals surface area contributed by atoms with Crippen LogP contribution in [0.15, 0.2) is 18.2 Å². The number of para-hydroxylation sites is 1. The number of nitrogens with one attached hydrogen (secondary N) is 2. The number of unbranched alkanes of at least 4 members (excludes halogenated alkanes) is 4. The largest absolute Gasteiger partial charge is 0.481 e. The van der Waals surface area contributed by atoms with Crippen LogP contribution in [0.1, 0.15) is 55.8 Å². The van der Waals surface area contributed by atoms with E-state index in [0.717, 1.165) is 25.7 Å². The number of benzene rings is 1. The molecule has 1 aliphatic heterocycles. The van der Waals surface area contributed by atoms with Gasteiger partial charge in [0.2, 0.25) is 0 Å². The molecule has 1 unspecified atom stereocenters. The minimum Gasteiger partial charge on any atom is -0.481 e. The summed E-state index contributed by atoms with van der Waals surface area (Å²) in [5.74, 6) is -0.814. The monoisotopic (exact) mass is 348 g/mol. The van der Waals surface area contributed by atoms with Gasteiger partial charge in [0.1, 0.15) is 0 Å². The summed E-state index contributed by atoms with van der Waals surface area (Å²) < 4.78 is 5.57. The van der Waals surface area contributed by atoms with Crippen LogP contribution in [0.3, 0.4) is 0 Å². The van der Waals surface area contributed by atoms with E-state index in [0.29, 0.717) is 30.0 Å². The van der Waals surface area contributed by atoms with Crippen molar-refractivity contribution in [3.8, 4) is 5.75 Å². The first-order chi connectivity index (χ1) is 12.0. The Kier molecular flexibility index (Phi) is 6.80. The Morgan fingerprint density at radius 1 is 1.20 bits per heavy atom. The van der Waals surface area contributed by atoms with Gasteiger partial charge in [-0.05, 0) is 31.9 Å². The first-order valence-corrected chi connectivity index (χ1v) is 8.59. The number of fused-ring (bicyclic) bond motifs is 1.